The first-order chi connectivity index (χ1) is 8.74. The fraction of sp³-hybridized carbons (Fsp3) is 0.0909. The Kier molecular flexibility index (Phi) is 2.77. The second kappa shape index (κ2) is 4.43. The zero-order chi connectivity index (χ0) is 12.5. The zero-order valence-corrected chi connectivity index (χ0v) is 11.0. The van der Waals surface area contributed by atoms with Crippen LogP contribution in [0.5, 0.6) is 0 Å². The molecular formula is C11H8N4OS2. The summed E-state index contributed by atoms with van der Waals surface area (Å²) in [6.07, 6.45) is 0. The van der Waals surface area contributed by atoms with Crippen molar-refractivity contribution in [1.82, 2.24) is 13.7 Å². The van der Waals surface area contributed by atoms with Crippen molar-refractivity contribution in [3.8, 4) is 0 Å². The van der Waals surface area contributed by atoms with E-state index in [0.717, 1.165) is 22.3 Å². The third-order valence-electron chi connectivity index (χ3n) is 2.39. The number of aromatic nitrogens is 3. The first-order valence-electron chi connectivity index (χ1n) is 5.19. The van der Waals surface area contributed by atoms with E-state index >= 15 is 0 Å². The largest absolute Gasteiger partial charge is 0.319 e. The van der Waals surface area contributed by atoms with Crippen LogP contribution in [0.25, 0.3) is 11.0 Å². The van der Waals surface area contributed by atoms with E-state index in [1.54, 1.807) is 11.4 Å². The van der Waals surface area contributed by atoms with Crippen LogP contribution < -0.4 is 5.32 Å². The molecule has 3 rings (SSSR count). The topological polar surface area (TPSA) is 67.8 Å². The summed E-state index contributed by atoms with van der Waals surface area (Å²) in [7, 11) is 0. The molecule has 0 bridgehead atoms. The van der Waals surface area contributed by atoms with E-state index in [4.69, 9.17) is 0 Å². The Balaban J connectivity index is 1.92. The highest BCUT2D eigenvalue weighted by molar-refractivity contribution is 7.09. The highest BCUT2D eigenvalue weighted by atomic mass is 32.1. The van der Waals surface area contributed by atoms with E-state index in [0.29, 0.717) is 16.9 Å². The predicted molar refractivity (Wildman–Crippen MR) is 72.2 cm³/mol. The van der Waals surface area contributed by atoms with Gasteiger partial charge in [-0.1, -0.05) is 6.07 Å². The van der Waals surface area contributed by atoms with Gasteiger partial charge >= 0.3 is 0 Å². The van der Waals surface area contributed by atoms with Crippen molar-refractivity contribution in [3.05, 3.63) is 34.3 Å². The second-order valence-corrected chi connectivity index (χ2v) is 5.23. The first-order valence-corrected chi connectivity index (χ1v) is 6.80. The number of hydrogen-bond donors (Lipinski definition) is 1. The lowest BCUT2D eigenvalue weighted by atomic mass is 10.2. The number of thiazole rings is 1. The molecule has 2 aromatic heterocycles. The van der Waals surface area contributed by atoms with Crippen molar-refractivity contribution in [1.29, 1.82) is 0 Å². The Labute approximate surface area is 111 Å². The average molecular weight is 276 g/mol. The Morgan fingerprint density at radius 3 is 3.00 bits per heavy atom. The van der Waals surface area contributed by atoms with Crippen LogP contribution in [0.1, 0.15) is 15.5 Å². The number of nitrogens with zero attached hydrogens (tertiary/aromatic N) is 3. The van der Waals surface area contributed by atoms with Gasteiger partial charge in [-0.15, -0.1) is 11.3 Å². The Morgan fingerprint density at radius 1 is 1.33 bits per heavy atom. The monoisotopic (exact) mass is 276 g/mol. The molecule has 7 heteroatoms. The summed E-state index contributed by atoms with van der Waals surface area (Å²) >= 11 is 2.58. The minimum Gasteiger partial charge on any atom is -0.319 e. The smallest absolute Gasteiger partial charge is 0.275 e. The molecular weight excluding hydrogens is 268 g/mol. The third kappa shape index (κ3) is 1.98. The lowest BCUT2D eigenvalue weighted by molar-refractivity contribution is 0.102. The molecule has 0 unspecified atom stereocenters. The molecule has 0 aliphatic carbocycles. The number of benzene rings is 1. The third-order valence-corrected chi connectivity index (χ3v) is 3.70. The maximum atomic E-state index is 12.0. The molecule has 90 valence electrons. The summed E-state index contributed by atoms with van der Waals surface area (Å²) in [4.78, 5) is 16.1. The van der Waals surface area contributed by atoms with Gasteiger partial charge in [0.05, 0.1) is 22.4 Å². The summed E-state index contributed by atoms with van der Waals surface area (Å²) < 4.78 is 8.30. The molecule has 0 spiro atoms. The highest BCUT2D eigenvalue weighted by Gasteiger charge is 2.12. The fourth-order valence-electron chi connectivity index (χ4n) is 1.56. The SMILES string of the molecule is Cc1nc(C(=O)Nc2cccc3nsnc23)cs1. The Morgan fingerprint density at radius 2 is 2.22 bits per heavy atom. The van der Waals surface area contributed by atoms with E-state index in [-0.39, 0.29) is 5.91 Å². The molecule has 0 aliphatic heterocycles. The van der Waals surface area contributed by atoms with E-state index in [1.165, 1.54) is 11.3 Å². The Bertz CT molecular complexity index is 718. The molecule has 5 nitrogen and oxygen atoms in total. The van der Waals surface area contributed by atoms with Gasteiger partial charge < -0.3 is 5.32 Å². The molecule has 0 radical (unpaired) electrons. The van der Waals surface area contributed by atoms with Gasteiger partial charge in [0.1, 0.15) is 16.7 Å². The molecule has 0 fully saturated rings. The van der Waals surface area contributed by atoms with Gasteiger partial charge in [0.2, 0.25) is 0 Å². The second-order valence-electron chi connectivity index (χ2n) is 3.64. The van der Waals surface area contributed by atoms with Crippen molar-refractivity contribution in [2.45, 2.75) is 6.92 Å². The molecule has 0 atom stereocenters. The highest BCUT2D eigenvalue weighted by Crippen LogP contribution is 2.21. The molecule has 0 aliphatic rings. The van der Waals surface area contributed by atoms with Crippen LogP contribution >= 0.6 is 23.1 Å². The summed E-state index contributed by atoms with van der Waals surface area (Å²) in [6.45, 7) is 1.87. The molecule has 0 saturated heterocycles. The number of rotatable bonds is 2. The van der Waals surface area contributed by atoms with Crippen molar-refractivity contribution < 1.29 is 4.79 Å². The number of fused-ring (bicyclic) bond motifs is 1. The molecule has 1 amide bonds. The number of carbonyl (C=O) groups is 1. The van der Waals surface area contributed by atoms with Gasteiger partial charge in [0.25, 0.3) is 5.91 Å². The van der Waals surface area contributed by atoms with Crippen LogP contribution in [0, 0.1) is 6.92 Å². The fourth-order valence-corrected chi connectivity index (χ4v) is 2.70. The summed E-state index contributed by atoms with van der Waals surface area (Å²) in [5.41, 5.74) is 2.59. The predicted octanol–water partition coefficient (Wildman–Crippen LogP) is 2.71. The van der Waals surface area contributed by atoms with Gasteiger partial charge in [-0.05, 0) is 19.1 Å². The summed E-state index contributed by atoms with van der Waals surface area (Å²) in [5, 5.41) is 5.42. The number of anilines is 1. The maximum Gasteiger partial charge on any atom is 0.275 e. The van der Waals surface area contributed by atoms with Crippen molar-refractivity contribution >= 4 is 45.7 Å². The molecule has 3 aromatic rings. The van der Waals surface area contributed by atoms with Gasteiger partial charge in [0.15, 0.2) is 0 Å². The first kappa shape index (κ1) is 11.2. The zero-order valence-electron chi connectivity index (χ0n) is 9.38. The minimum absolute atomic E-state index is 0.222. The normalized spacial score (nSPS) is 10.7. The van der Waals surface area contributed by atoms with Gasteiger partial charge in [-0.25, -0.2) is 4.98 Å². The van der Waals surface area contributed by atoms with E-state index in [1.807, 2.05) is 19.1 Å². The lowest BCUT2D eigenvalue weighted by Crippen LogP contribution is -2.12. The summed E-state index contributed by atoms with van der Waals surface area (Å²) in [5.74, 6) is -0.222. The van der Waals surface area contributed by atoms with Crippen molar-refractivity contribution in [2.75, 3.05) is 5.32 Å². The van der Waals surface area contributed by atoms with E-state index in [2.05, 4.69) is 19.0 Å². The van der Waals surface area contributed by atoms with Crippen LogP contribution in [0.3, 0.4) is 0 Å². The van der Waals surface area contributed by atoms with Gasteiger partial charge in [-0.3, -0.25) is 4.79 Å². The van der Waals surface area contributed by atoms with Crippen LogP contribution in [0.4, 0.5) is 5.69 Å². The molecule has 1 N–H and O–H groups in total. The molecule has 2 heterocycles. The van der Waals surface area contributed by atoms with Gasteiger partial charge in [-0.2, -0.15) is 8.75 Å². The molecule has 18 heavy (non-hydrogen) atoms. The van der Waals surface area contributed by atoms with Gasteiger partial charge in [0, 0.05) is 5.38 Å². The van der Waals surface area contributed by atoms with Crippen LogP contribution in [-0.4, -0.2) is 19.6 Å². The van der Waals surface area contributed by atoms with Crippen molar-refractivity contribution in [3.63, 3.8) is 0 Å². The molecule has 0 saturated carbocycles. The van der Waals surface area contributed by atoms with E-state index < -0.39 is 0 Å². The average Bonchev–Trinajstić information content (AvgIpc) is 2.97. The standard InChI is InChI=1S/C11H8N4OS2/c1-6-12-9(5-17-6)11(16)13-7-3-2-4-8-10(7)15-18-14-8/h2-5H,1H3,(H,13,16). The quantitative estimate of drug-likeness (QED) is 0.781. The van der Waals surface area contributed by atoms with Crippen LogP contribution in [-0.2, 0) is 0 Å². The van der Waals surface area contributed by atoms with Crippen LogP contribution in [0.2, 0.25) is 0 Å². The molecule has 1 aromatic carbocycles. The number of hydrogen-bond acceptors (Lipinski definition) is 6. The minimum atomic E-state index is -0.222. The Hall–Kier alpha value is -1.86. The lowest BCUT2D eigenvalue weighted by Gasteiger charge is -2.02. The van der Waals surface area contributed by atoms with Crippen LogP contribution in [0.15, 0.2) is 23.6 Å². The van der Waals surface area contributed by atoms with E-state index in [9.17, 15) is 4.79 Å². The maximum absolute atomic E-state index is 12.0. The van der Waals surface area contributed by atoms with Crippen molar-refractivity contribution in [2.24, 2.45) is 0 Å². The number of amides is 1. The summed E-state index contributed by atoms with van der Waals surface area (Å²) in [6, 6.07) is 5.51. The number of carbonyl (C=O) groups excluding carboxylic acids is 1. The number of nitrogens with one attached hydrogen (secondary N) is 1. The number of aryl methyl sites for hydroxylation is 1.